The summed E-state index contributed by atoms with van der Waals surface area (Å²) in [6.45, 7) is 2.80. The average Bonchev–Trinajstić information content (AvgIpc) is 2.86. The number of hydrogen-bond donors (Lipinski definition) is 1. The molecule has 0 amide bonds. The Labute approximate surface area is 130 Å². The van der Waals surface area contributed by atoms with E-state index in [1.807, 2.05) is 17.8 Å². The van der Waals surface area contributed by atoms with E-state index in [0.29, 0.717) is 11.4 Å². The third-order valence-electron chi connectivity index (χ3n) is 3.85. The highest BCUT2D eigenvalue weighted by molar-refractivity contribution is 7.89. The van der Waals surface area contributed by atoms with Gasteiger partial charge < -0.3 is 4.90 Å². The molecule has 1 N–H and O–H groups in total. The molecule has 118 valence electrons. The molecule has 0 aliphatic carbocycles. The van der Waals surface area contributed by atoms with Crippen LogP contribution in [0.2, 0.25) is 0 Å². The predicted molar refractivity (Wildman–Crippen MR) is 83.7 cm³/mol. The molecule has 0 radical (unpaired) electrons. The molecule has 0 bridgehead atoms. The summed E-state index contributed by atoms with van der Waals surface area (Å²) in [6, 6.07) is 10.5. The molecule has 6 nitrogen and oxygen atoms in total. The van der Waals surface area contributed by atoms with Crippen LogP contribution in [0.3, 0.4) is 0 Å². The molecule has 0 fully saturated rings. The Morgan fingerprint density at radius 3 is 2.77 bits per heavy atom. The molecule has 0 saturated heterocycles. The van der Waals surface area contributed by atoms with Gasteiger partial charge in [-0.3, -0.25) is 4.68 Å². The Morgan fingerprint density at radius 2 is 2.00 bits per heavy atom. The lowest BCUT2D eigenvalue weighted by Crippen LogP contribution is -2.35. The van der Waals surface area contributed by atoms with Crippen molar-refractivity contribution in [3.63, 3.8) is 0 Å². The van der Waals surface area contributed by atoms with Gasteiger partial charge in [-0.25, -0.2) is 13.1 Å². The number of rotatable bonds is 4. The zero-order valence-electron chi connectivity index (χ0n) is 12.5. The van der Waals surface area contributed by atoms with Crippen LogP contribution in [-0.4, -0.2) is 43.2 Å². The van der Waals surface area contributed by atoms with Crippen molar-refractivity contribution in [2.75, 3.05) is 20.1 Å². The van der Waals surface area contributed by atoms with Crippen LogP contribution < -0.4 is 4.72 Å². The summed E-state index contributed by atoms with van der Waals surface area (Å²) < 4.78 is 29.3. The second kappa shape index (κ2) is 6.20. The molecule has 0 unspecified atom stereocenters. The molecule has 3 rings (SSSR count). The zero-order chi connectivity index (χ0) is 15.6. The summed E-state index contributed by atoms with van der Waals surface area (Å²) in [5, 5.41) is 4.32. The summed E-state index contributed by atoms with van der Waals surface area (Å²) in [4.78, 5) is 2.50. The maximum Gasteiger partial charge on any atom is 0.240 e. The molecule has 1 aromatic heterocycles. The first-order valence-corrected chi connectivity index (χ1v) is 8.77. The van der Waals surface area contributed by atoms with Crippen molar-refractivity contribution in [2.45, 2.75) is 18.0 Å². The van der Waals surface area contributed by atoms with E-state index in [-0.39, 0.29) is 5.92 Å². The topological polar surface area (TPSA) is 67.2 Å². The van der Waals surface area contributed by atoms with Crippen LogP contribution in [-0.2, 0) is 23.1 Å². The molecule has 2 heterocycles. The van der Waals surface area contributed by atoms with Crippen molar-refractivity contribution in [3.05, 3.63) is 48.3 Å². The van der Waals surface area contributed by atoms with Crippen molar-refractivity contribution in [3.8, 4) is 0 Å². The smallest absolute Gasteiger partial charge is 0.240 e. The van der Waals surface area contributed by atoms with Gasteiger partial charge in [0.2, 0.25) is 10.0 Å². The van der Waals surface area contributed by atoms with Crippen LogP contribution in [0.5, 0.6) is 0 Å². The minimum atomic E-state index is -3.45. The highest BCUT2D eigenvalue weighted by atomic mass is 32.2. The number of nitrogens with zero attached hydrogens (tertiary/aromatic N) is 3. The van der Waals surface area contributed by atoms with E-state index < -0.39 is 10.0 Å². The number of nitrogens with one attached hydrogen (secondary N) is 1. The Morgan fingerprint density at radius 1 is 1.23 bits per heavy atom. The van der Waals surface area contributed by atoms with Crippen LogP contribution in [0.1, 0.15) is 5.69 Å². The molecular weight excluding hydrogens is 300 g/mol. The maximum atomic E-state index is 12.3. The first-order valence-electron chi connectivity index (χ1n) is 7.28. The van der Waals surface area contributed by atoms with Gasteiger partial charge in [0, 0.05) is 38.3 Å². The molecule has 1 aromatic carbocycles. The van der Waals surface area contributed by atoms with Crippen molar-refractivity contribution in [1.29, 1.82) is 0 Å². The Hall–Kier alpha value is -1.70. The van der Waals surface area contributed by atoms with Gasteiger partial charge in [-0.1, -0.05) is 18.2 Å². The molecule has 0 spiro atoms. The Balaban J connectivity index is 1.69. The van der Waals surface area contributed by atoms with E-state index in [1.165, 1.54) is 0 Å². The number of sulfonamides is 1. The molecular formula is C15H20N4O2S. The molecule has 2 aromatic rings. The van der Waals surface area contributed by atoms with Gasteiger partial charge in [0.05, 0.1) is 10.6 Å². The second-order valence-electron chi connectivity index (χ2n) is 5.73. The zero-order valence-corrected chi connectivity index (χ0v) is 13.3. The van der Waals surface area contributed by atoms with Crippen molar-refractivity contribution in [1.82, 2.24) is 19.4 Å². The fraction of sp³-hybridized carbons (Fsp3) is 0.400. The predicted octanol–water partition coefficient (Wildman–Crippen LogP) is 0.923. The summed E-state index contributed by atoms with van der Waals surface area (Å²) in [5.41, 5.74) is 1.16. The molecule has 0 saturated carbocycles. The van der Waals surface area contributed by atoms with E-state index in [0.717, 1.165) is 25.3 Å². The molecule has 1 atom stereocenters. The molecule has 1 aliphatic rings. The second-order valence-corrected chi connectivity index (χ2v) is 7.50. The summed E-state index contributed by atoms with van der Waals surface area (Å²) in [6.07, 6.45) is 1.79. The monoisotopic (exact) mass is 320 g/mol. The van der Waals surface area contributed by atoms with Gasteiger partial charge in [0.25, 0.3) is 0 Å². The lowest BCUT2D eigenvalue weighted by molar-refractivity contribution is 0.275. The van der Waals surface area contributed by atoms with Gasteiger partial charge in [-0.15, -0.1) is 0 Å². The van der Waals surface area contributed by atoms with Crippen LogP contribution in [0.4, 0.5) is 0 Å². The van der Waals surface area contributed by atoms with E-state index in [1.54, 1.807) is 36.5 Å². The maximum absolute atomic E-state index is 12.3. The number of aromatic nitrogens is 2. The van der Waals surface area contributed by atoms with Gasteiger partial charge in [-0.2, -0.15) is 5.10 Å². The standard InChI is InChI=1S/C15H20N4O2S/c1-18-10-13(11-19-14(12-18)7-8-16-19)9-17-22(20,21)15-5-3-2-4-6-15/h2-8,13,17H,9-12H2,1H3/t13-/m0/s1. The fourth-order valence-corrected chi connectivity index (χ4v) is 3.92. The van der Waals surface area contributed by atoms with Crippen molar-refractivity contribution < 1.29 is 8.42 Å². The third-order valence-corrected chi connectivity index (χ3v) is 5.29. The van der Waals surface area contributed by atoms with Crippen molar-refractivity contribution in [2.24, 2.45) is 5.92 Å². The Bertz CT molecular complexity index is 727. The lowest BCUT2D eigenvalue weighted by atomic mass is 10.1. The fourth-order valence-electron chi connectivity index (χ4n) is 2.78. The van der Waals surface area contributed by atoms with Gasteiger partial charge in [-0.05, 0) is 25.2 Å². The van der Waals surface area contributed by atoms with Crippen LogP contribution in [0.15, 0.2) is 47.5 Å². The number of benzene rings is 1. The van der Waals surface area contributed by atoms with Gasteiger partial charge in [0.15, 0.2) is 0 Å². The number of fused-ring (bicyclic) bond motifs is 1. The molecule has 7 heteroatoms. The average molecular weight is 320 g/mol. The van der Waals surface area contributed by atoms with E-state index >= 15 is 0 Å². The van der Waals surface area contributed by atoms with Gasteiger partial charge in [0.1, 0.15) is 0 Å². The van der Waals surface area contributed by atoms with E-state index in [2.05, 4.69) is 14.7 Å². The molecule has 22 heavy (non-hydrogen) atoms. The highest BCUT2D eigenvalue weighted by Crippen LogP contribution is 2.15. The van der Waals surface area contributed by atoms with Crippen molar-refractivity contribution >= 4 is 10.0 Å². The minimum absolute atomic E-state index is 0.185. The quantitative estimate of drug-likeness (QED) is 0.910. The Kier molecular flexibility index (Phi) is 4.28. The first kappa shape index (κ1) is 15.2. The van der Waals surface area contributed by atoms with E-state index in [9.17, 15) is 8.42 Å². The largest absolute Gasteiger partial charge is 0.300 e. The summed E-state index contributed by atoms with van der Waals surface area (Å²) >= 11 is 0. The lowest BCUT2D eigenvalue weighted by Gasteiger charge is -2.20. The van der Waals surface area contributed by atoms with Crippen LogP contribution in [0.25, 0.3) is 0 Å². The third kappa shape index (κ3) is 3.37. The normalized spacial score (nSPS) is 19.6. The summed E-state index contributed by atoms with van der Waals surface area (Å²) in [5.74, 6) is 0.185. The SMILES string of the molecule is CN1Cc2ccnn2C[C@@H](CNS(=O)(=O)c2ccccc2)C1. The van der Waals surface area contributed by atoms with Gasteiger partial charge >= 0.3 is 0 Å². The summed E-state index contributed by atoms with van der Waals surface area (Å²) in [7, 11) is -1.41. The first-order chi connectivity index (χ1) is 10.5. The van der Waals surface area contributed by atoms with E-state index in [4.69, 9.17) is 0 Å². The number of hydrogen-bond acceptors (Lipinski definition) is 4. The van der Waals surface area contributed by atoms with Crippen LogP contribution >= 0.6 is 0 Å². The highest BCUT2D eigenvalue weighted by Gasteiger charge is 2.22. The van der Waals surface area contributed by atoms with Crippen LogP contribution in [0, 0.1) is 5.92 Å². The molecule has 1 aliphatic heterocycles. The minimum Gasteiger partial charge on any atom is -0.300 e.